The van der Waals surface area contributed by atoms with Gasteiger partial charge in [0, 0.05) is 33.3 Å². The van der Waals surface area contributed by atoms with E-state index in [0.717, 1.165) is 19.4 Å². The number of methoxy groups -OCH3 is 1. The van der Waals surface area contributed by atoms with Crippen LogP contribution in [0.5, 0.6) is 0 Å². The van der Waals surface area contributed by atoms with Gasteiger partial charge in [-0.2, -0.15) is 0 Å². The van der Waals surface area contributed by atoms with E-state index in [1.165, 1.54) is 0 Å². The fourth-order valence-corrected chi connectivity index (χ4v) is 2.12. The van der Waals surface area contributed by atoms with Gasteiger partial charge in [0.2, 0.25) is 0 Å². The van der Waals surface area contributed by atoms with Crippen LogP contribution in [0.25, 0.3) is 0 Å². The summed E-state index contributed by atoms with van der Waals surface area (Å²) in [5, 5.41) is 8.66. The highest BCUT2D eigenvalue weighted by Gasteiger charge is 2.26. The summed E-state index contributed by atoms with van der Waals surface area (Å²) in [6.45, 7) is 3.97. The van der Waals surface area contributed by atoms with Gasteiger partial charge in [0.1, 0.15) is 0 Å². The van der Waals surface area contributed by atoms with Crippen LogP contribution in [0, 0.1) is 0 Å². The van der Waals surface area contributed by atoms with E-state index in [9.17, 15) is 9.59 Å². The fraction of sp³-hybridized carbons (Fsp3) is 0.833. The molecule has 1 aliphatic rings. The number of likely N-dealkylation sites (tertiary alicyclic amines) is 1. The molecule has 0 saturated carbocycles. The number of carbonyl (C=O) groups excluding carboxylic acids is 1. The molecule has 18 heavy (non-hydrogen) atoms. The minimum absolute atomic E-state index is 0.0128. The molecule has 0 aromatic heterocycles. The maximum absolute atomic E-state index is 12.2. The average molecular weight is 258 g/mol. The smallest absolute Gasteiger partial charge is 0.320 e. The lowest BCUT2D eigenvalue weighted by atomic mass is 10.1. The molecule has 0 radical (unpaired) electrons. The van der Waals surface area contributed by atoms with Gasteiger partial charge in [0.25, 0.3) is 0 Å². The molecule has 6 heteroatoms. The van der Waals surface area contributed by atoms with Crippen molar-refractivity contribution in [3.8, 4) is 0 Å². The summed E-state index contributed by atoms with van der Waals surface area (Å²) in [6.07, 6.45) is 1.99. The van der Waals surface area contributed by atoms with Crippen molar-refractivity contribution in [2.75, 3.05) is 33.3 Å². The van der Waals surface area contributed by atoms with Crippen molar-refractivity contribution in [3.63, 3.8) is 0 Å². The lowest BCUT2D eigenvalue weighted by Gasteiger charge is -2.35. The van der Waals surface area contributed by atoms with Crippen LogP contribution in [0.15, 0.2) is 0 Å². The zero-order chi connectivity index (χ0) is 13.5. The first kappa shape index (κ1) is 14.8. The fourth-order valence-electron chi connectivity index (χ4n) is 2.12. The molecule has 0 spiro atoms. The van der Waals surface area contributed by atoms with E-state index in [2.05, 4.69) is 0 Å². The number of aliphatic carboxylic acids is 1. The van der Waals surface area contributed by atoms with Gasteiger partial charge in [-0.3, -0.25) is 4.79 Å². The van der Waals surface area contributed by atoms with Crippen LogP contribution < -0.4 is 0 Å². The first-order chi connectivity index (χ1) is 8.58. The molecule has 0 aromatic carbocycles. The molecule has 0 aromatic rings. The molecular formula is C12H22N2O4. The number of piperidine rings is 1. The van der Waals surface area contributed by atoms with Gasteiger partial charge in [0.15, 0.2) is 0 Å². The Bertz CT molecular complexity index is 296. The van der Waals surface area contributed by atoms with Crippen LogP contribution in [0.1, 0.15) is 26.2 Å². The highest BCUT2D eigenvalue weighted by molar-refractivity contribution is 5.75. The van der Waals surface area contributed by atoms with Crippen LogP contribution in [-0.4, -0.2) is 66.3 Å². The normalized spacial score (nSPS) is 19.7. The SMILES string of the molecule is CCN(CCC(=O)O)C(=O)N1CCCC(OC)C1. The van der Waals surface area contributed by atoms with Crippen LogP contribution in [-0.2, 0) is 9.53 Å². The number of urea groups is 1. The standard InChI is InChI=1S/C12H22N2O4/c1-3-13(8-6-11(15)16)12(17)14-7-4-5-10(9-14)18-2/h10H,3-9H2,1-2H3,(H,15,16). The number of hydrogen-bond donors (Lipinski definition) is 1. The van der Waals surface area contributed by atoms with E-state index < -0.39 is 5.97 Å². The molecule has 1 atom stereocenters. The second kappa shape index (κ2) is 7.20. The first-order valence-corrected chi connectivity index (χ1v) is 6.37. The predicted molar refractivity (Wildman–Crippen MR) is 66.5 cm³/mol. The molecule has 1 rings (SSSR count). The highest BCUT2D eigenvalue weighted by Crippen LogP contribution is 2.14. The number of nitrogens with zero attached hydrogens (tertiary/aromatic N) is 2. The zero-order valence-corrected chi connectivity index (χ0v) is 11.1. The van der Waals surface area contributed by atoms with Gasteiger partial charge in [-0.05, 0) is 19.8 Å². The molecule has 1 aliphatic heterocycles. The molecule has 1 N–H and O–H groups in total. The highest BCUT2D eigenvalue weighted by atomic mass is 16.5. The first-order valence-electron chi connectivity index (χ1n) is 6.37. The van der Waals surface area contributed by atoms with Crippen molar-refractivity contribution in [1.29, 1.82) is 0 Å². The Kier molecular flexibility index (Phi) is 5.91. The monoisotopic (exact) mass is 258 g/mol. The Morgan fingerprint density at radius 3 is 2.78 bits per heavy atom. The van der Waals surface area contributed by atoms with Gasteiger partial charge in [-0.1, -0.05) is 0 Å². The predicted octanol–water partition coefficient (Wildman–Crippen LogP) is 1.01. The van der Waals surface area contributed by atoms with E-state index >= 15 is 0 Å². The van der Waals surface area contributed by atoms with Gasteiger partial charge in [0.05, 0.1) is 12.5 Å². The van der Waals surface area contributed by atoms with E-state index in [4.69, 9.17) is 9.84 Å². The summed E-state index contributed by atoms with van der Waals surface area (Å²) in [7, 11) is 1.65. The minimum atomic E-state index is -0.880. The van der Waals surface area contributed by atoms with Crippen LogP contribution in [0.3, 0.4) is 0 Å². The molecule has 0 aliphatic carbocycles. The molecule has 0 bridgehead atoms. The number of amides is 2. The molecule has 6 nitrogen and oxygen atoms in total. The number of ether oxygens (including phenoxy) is 1. The van der Waals surface area contributed by atoms with Crippen LogP contribution >= 0.6 is 0 Å². The summed E-state index contributed by atoms with van der Waals surface area (Å²) >= 11 is 0. The van der Waals surface area contributed by atoms with Gasteiger partial charge >= 0.3 is 12.0 Å². The summed E-state index contributed by atoms with van der Waals surface area (Å²) in [5.74, 6) is -0.880. The third kappa shape index (κ3) is 4.18. The lowest BCUT2D eigenvalue weighted by molar-refractivity contribution is -0.137. The van der Waals surface area contributed by atoms with Crippen molar-refractivity contribution in [2.45, 2.75) is 32.3 Å². The number of carboxylic acids is 1. The maximum atomic E-state index is 12.2. The van der Waals surface area contributed by atoms with Gasteiger partial charge in [-0.15, -0.1) is 0 Å². The lowest BCUT2D eigenvalue weighted by Crippen LogP contribution is -2.49. The van der Waals surface area contributed by atoms with Crippen molar-refractivity contribution in [2.24, 2.45) is 0 Å². The molecule has 1 unspecified atom stereocenters. The van der Waals surface area contributed by atoms with Gasteiger partial charge < -0.3 is 19.6 Å². The Morgan fingerprint density at radius 1 is 1.50 bits per heavy atom. The third-order valence-electron chi connectivity index (χ3n) is 3.23. The summed E-state index contributed by atoms with van der Waals surface area (Å²) < 4.78 is 5.28. The average Bonchev–Trinajstić information content (AvgIpc) is 2.39. The van der Waals surface area contributed by atoms with Crippen molar-refractivity contribution >= 4 is 12.0 Å². The minimum Gasteiger partial charge on any atom is -0.481 e. The van der Waals surface area contributed by atoms with E-state index in [-0.39, 0.29) is 25.1 Å². The van der Waals surface area contributed by atoms with E-state index in [0.29, 0.717) is 13.1 Å². The van der Waals surface area contributed by atoms with Gasteiger partial charge in [-0.25, -0.2) is 4.79 Å². The second-order valence-corrected chi connectivity index (χ2v) is 4.45. The molecule has 104 valence electrons. The number of carbonyl (C=O) groups is 2. The number of carboxylic acid groups (broad SMARTS) is 1. The Hall–Kier alpha value is -1.30. The topological polar surface area (TPSA) is 70.1 Å². The summed E-state index contributed by atoms with van der Waals surface area (Å²) in [4.78, 5) is 26.1. The second-order valence-electron chi connectivity index (χ2n) is 4.45. The van der Waals surface area contributed by atoms with Crippen LogP contribution in [0.4, 0.5) is 4.79 Å². The van der Waals surface area contributed by atoms with Crippen molar-refractivity contribution in [3.05, 3.63) is 0 Å². The Morgan fingerprint density at radius 2 is 2.22 bits per heavy atom. The zero-order valence-electron chi connectivity index (χ0n) is 11.1. The van der Waals surface area contributed by atoms with Crippen molar-refractivity contribution < 1.29 is 19.4 Å². The largest absolute Gasteiger partial charge is 0.481 e. The quantitative estimate of drug-likeness (QED) is 0.799. The number of rotatable bonds is 5. The molecule has 1 fully saturated rings. The Labute approximate surface area is 107 Å². The third-order valence-corrected chi connectivity index (χ3v) is 3.23. The van der Waals surface area contributed by atoms with E-state index in [1.807, 2.05) is 6.92 Å². The molecule has 1 heterocycles. The Balaban J connectivity index is 2.51. The number of hydrogen-bond acceptors (Lipinski definition) is 3. The molecule has 1 saturated heterocycles. The maximum Gasteiger partial charge on any atom is 0.320 e. The molecule has 2 amide bonds. The molecular weight excluding hydrogens is 236 g/mol. The van der Waals surface area contributed by atoms with E-state index in [1.54, 1.807) is 16.9 Å². The van der Waals surface area contributed by atoms with Crippen molar-refractivity contribution in [1.82, 2.24) is 9.80 Å². The van der Waals surface area contributed by atoms with Crippen LogP contribution in [0.2, 0.25) is 0 Å². The summed E-state index contributed by atoms with van der Waals surface area (Å²) in [5.41, 5.74) is 0. The summed E-state index contributed by atoms with van der Waals surface area (Å²) in [6, 6.07) is -0.0829.